The Balaban J connectivity index is 2.56. The van der Waals surface area contributed by atoms with Gasteiger partial charge in [0.1, 0.15) is 11.3 Å². The summed E-state index contributed by atoms with van der Waals surface area (Å²) in [5.41, 5.74) is 0.810. The third-order valence-corrected chi connectivity index (χ3v) is 2.71. The van der Waals surface area contributed by atoms with Crippen molar-refractivity contribution in [2.24, 2.45) is 5.41 Å². The van der Waals surface area contributed by atoms with Crippen molar-refractivity contribution in [2.75, 3.05) is 13.2 Å². The molecule has 0 heterocycles. The Hall–Kier alpha value is -1.51. The van der Waals surface area contributed by atoms with E-state index in [-0.39, 0.29) is 5.97 Å². The van der Waals surface area contributed by atoms with Crippen LogP contribution in [0.4, 0.5) is 0 Å². The molecule has 0 radical (unpaired) electrons. The summed E-state index contributed by atoms with van der Waals surface area (Å²) >= 11 is 0. The van der Waals surface area contributed by atoms with E-state index in [9.17, 15) is 4.79 Å². The third kappa shape index (κ3) is 5.77. The molecule has 3 nitrogen and oxygen atoms in total. The summed E-state index contributed by atoms with van der Waals surface area (Å²) in [7, 11) is 0. The van der Waals surface area contributed by atoms with Crippen molar-refractivity contribution >= 4 is 5.97 Å². The maximum Gasteiger partial charge on any atom is 0.341 e. The van der Waals surface area contributed by atoms with Crippen LogP contribution in [-0.2, 0) is 4.74 Å². The minimum Gasteiger partial charge on any atom is -0.493 e. The van der Waals surface area contributed by atoms with Gasteiger partial charge in [-0.3, -0.25) is 0 Å². The van der Waals surface area contributed by atoms with Crippen LogP contribution in [0, 0.1) is 5.41 Å². The molecule has 0 saturated heterocycles. The first-order valence-electron chi connectivity index (χ1n) is 6.83. The Bertz CT molecular complexity index is 405. The lowest BCUT2D eigenvalue weighted by Crippen LogP contribution is -2.10. The minimum absolute atomic E-state index is 0.310. The summed E-state index contributed by atoms with van der Waals surface area (Å²) in [6.07, 6.45) is 2.06. The molecular weight excluding hydrogens is 240 g/mol. The largest absolute Gasteiger partial charge is 0.493 e. The number of hydrogen-bond donors (Lipinski definition) is 0. The molecule has 0 amide bonds. The molecule has 1 aromatic carbocycles. The smallest absolute Gasteiger partial charge is 0.341 e. The molecule has 0 aromatic heterocycles. The topological polar surface area (TPSA) is 35.5 Å². The number of carbonyl (C=O) groups is 1. The Morgan fingerprint density at radius 2 is 1.89 bits per heavy atom. The maximum atomic E-state index is 11.8. The van der Waals surface area contributed by atoms with E-state index in [1.807, 2.05) is 18.2 Å². The summed E-state index contributed by atoms with van der Waals surface area (Å²) in [4.78, 5) is 11.8. The average Bonchev–Trinajstić information content (AvgIpc) is 2.34. The average molecular weight is 264 g/mol. The highest BCUT2D eigenvalue weighted by atomic mass is 16.5. The van der Waals surface area contributed by atoms with Gasteiger partial charge < -0.3 is 9.47 Å². The number of rotatable bonds is 6. The number of ether oxygens (including phenoxy) is 2. The van der Waals surface area contributed by atoms with Gasteiger partial charge in [-0.15, -0.1) is 0 Å². The van der Waals surface area contributed by atoms with Gasteiger partial charge in [-0.2, -0.15) is 0 Å². The van der Waals surface area contributed by atoms with Crippen LogP contribution in [0.2, 0.25) is 0 Å². The van der Waals surface area contributed by atoms with Gasteiger partial charge in [0.2, 0.25) is 0 Å². The van der Waals surface area contributed by atoms with Crippen molar-refractivity contribution in [3.8, 4) is 5.75 Å². The molecule has 0 N–H and O–H groups in total. The Morgan fingerprint density at radius 3 is 2.53 bits per heavy atom. The summed E-state index contributed by atoms with van der Waals surface area (Å²) in [5, 5.41) is 0. The van der Waals surface area contributed by atoms with Crippen molar-refractivity contribution in [2.45, 2.75) is 40.5 Å². The zero-order chi connectivity index (χ0) is 14.3. The molecule has 0 bridgehead atoms. The van der Waals surface area contributed by atoms with Gasteiger partial charge in [-0.05, 0) is 37.3 Å². The molecule has 3 heteroatoms. The summed E-state index contributed by atoms with van der Waals surface area (Å²) in [5.74, 6) is 0.281. The van der Waals surface area contributed by atoms with Gasteiger partial charge in [-0.25, -0.2) is 4.79 Å². The number of esters is 1. The van der Waals surface area contributed by atoms with E-state index in [1.54, 1.807) is 13.0 Å². The Kier molecular flexibility index (Phi) is 5.87. The highest BCUT2D eigenvalue weighted by Gasteiger charge is 2.13. The molecule has 0 unspecified atom stereocenters. The molecule has 0 aliphatic heterocycles. The standard InChI is InChI=1S/C16H24O3/c1-5-18-15(17)13-9-6-7-10-14(13)19-12-8-11-16(2,3)4/h6-7,9-10H,5,8,11-12H2,1-4H3. The highest BCUT2D eigenvalue weighted by molar-refractivity contribution is 5.92. The molecule has 19 heavy (non-hydrogen) atoms. The van der Waals surface area contributed by atoms with Crippen molar-refractivity contribution in [3.05, 3.63) is 29.8 Å². The first-order valence-corrected chi connectivity index (χ1v) is 6.83. The molecule has 0 saturated carbocycles. The van der Waals surface area contributed by atoms with Gasteiger partial charge in [0.25, 0.3) is 0 Å². The molecule has 1 aromatic rings. The van der Waals surface area contributed by atoms with Crippen LogP contribution in [0.3, 0.4) is 0 Å². The lowest BCUT2D eigenvalue weighted by atomic mass is 9.91. The molecule has 0 spiro atoms. The lowest BCUT2D eigenvalue weighted by Gasteiger charge is -2.18. The van der Waals surface area contributed by atoms with Crippen LogP contribution in [0.15, 0.2) is 24.3 Å². The SMILES string of the molecule is CCOC(=O)c1ccccc1OCCCC(C)(C)C. The van der Waals surface area contributed by atoms with Crippen LogP contribution in [0.25, 0.3) is 0 Å². The molecular formula is C16H24O3. The van der Waals surface area contributed by atoms with Gasteiger partial charge >= 0.3 is 5.97 Å². The Morgan fingerprint density at radius 1 is 1.21 bits per heavy atom. The molecule has 0 atom stereocenters. The van der Waals surface area contributed by atoms with E-state index >= 15 is 0 Å². The van der Waals surface area contributed by atoms with Gasteiger partial charge in [0.05, 0.1) is 13.2 Å². The summed E-state index contributed by atoms with van der Waals surface area (Å²) < 4.78 is 10.7. The molecule has 1 rings (SSSR count). The first-order chi connectivity index (χ1) is 8.94. The number of para-hydroxylation sites is 1. The van der Waals surface area contributed by atoms with Crippen molar-refractivity contribution < 1.29 is 14.3 Å². The van der Waals surface area contributed by atoms with E-state index < -0.39 is 0 Å². The molecule has 106 valence electrons. The highest BCUT2D eigenvalue weighted by Crippen LogP contribution is 2.22. The van der Waals surface area contributed by atoms with Crippen LogP contribution >= 0.6 is 0 Å². The maximum absolute atomic E-state index is 11.8. The molecule has 0 aliphatic carbocycles. The predicted molar refractivity (Wildman–Crippen MR) is 76.6 cm³/mol. The fourth-order valence-corrected chi connectivity index (χ4v) is 1.75. The summed E-state index contributed by atoms with van der Waals surface area (Å²) in [6, 6.07) is 7.22. The zero-order valence-electron chi connectivity index (χ0n) is 12.4. The van der Waals surface area contributed by atoms with E-state index in [0.29, 0.717) is 29.9 Å². The van der Waals surface area contributed by atoms with E-state index in [2.05, 4.69) is 20.8 Å². The fourth-order valence-electron chi connectivity index (χ4n) is 1.75. The third-order valence-electron chi connectivity index (χ3n) is 2.71. The minimum atomic E-state index is -0.325. The zero-order valence-corrected chi connectivity index (χ0v) is 12.4. The first kappa shape index (κ1) is 15.5. The van der Waals surface area contributed by atoms with Crippen molar-refractivity contribution in [3.63, 3.8) is 0 Å². The van der Waals surface area contributed by atoms with Gasteiger partial charge in [-0.1, -0.05) is 32.9 Å². The number of benzene rings is 1. The normalized spacial score (nSPS) is 11.2. The van der Waals surface area contributed by atoms with E-state index in [0.717, 1.165) is 12.8 Å². The second-order valence-corrected chi connectivity index (χ2v) is 5.73. The van der Waals surface area contributed by atoms with Crippen LogP contribution in [-0.4, -0.2) is 19.2 Å². The van der Waals surface area contributed by atoms with E-state index in [1.165, 1.54) is 0 Å². The monoisotopic (exact) mass is 264 g/mol. The number of hydrogen-bond acceptors (Lipinski definition) is 3. The van der Waals surface area contributed by atoms with Gasteiger partial charge in [0, 0.05) is 0 Å². The summed E-state index contributed by atoms with van der Waals surface area (Å²) in [6.45, 7) is 9.41. The van der Waals surface area contributed by atoms with Crippen LogP contribution in [0.1, 0.15) is 50.9 Å². The number of carbonyl (C=O) groups excluding carboxylic acids is 1. The van der Waals surface area contributed by atoms with Crippen LogP contribution < -0.4 is 4.74 Å². The van der Waals surface area contributed by atoms with Crippen LogP contribution in [0.5, 0.6) is 5.75 Å². The van der Waals surface area contributed by atoms with Gasteiger partial charge in [0.15, 0.2) is 0 Å². The predicted octanol–water partition coefficient (Wildman–Crippen LogP) is 4.07. The second kappa shape index (κ2) is 7.17. The molecule has 0 aliphatic rings. The molecule has 0 fully saturated rings. The fraction of sp³-hybridized carbons (Fsp3) is 0.562. The van der Waals surface area contributed by atoms with E-state index in [4.69, 9.17) is 9.47 Å². The van der Waals surface area contributed by atoms with Crippen molar-refractivity contribution in [1.82, 2.24) is 0 Å². The van der Waals surface area contributed by atoms with Crippen molar-refractivity contribution in [1.29, 1.82) is 0 Å². The Labute approximate surface area is 115 Å². The quantitative estimate of drug-likeness (QED) is 0.574. The second-order valence-electron chi connectivity index (χ2n) is 5.73. The lowest BCUT2D eigenvalue weighted by molar-refractivity contribution is 0.0521.